The molecule has 150 valence electrons. The van der Waals surface area contributed by atoms with Gasteiger partial charge >= 0.3 is 6.03 Å². The third kappa shape index (κ3) is 6.84. The monoisotopic (exact) mass is 375 g/mol. The van der Waals surface area contributed by atoms with Gasteiger partial charge in [0.15, 0.2) is 0 Å². The van der Waals surface area contributed by atoms with Crippen LogP contribution in [0, 0.1) is 6.92 Å². The molecular weight excluding hydrogens is 342 g/mol. The van der Waals surface area contributed by atoms with Gasteiger partial charge in [0, 0.05) is 56.6 Å². The SMILES string of the molecule is CCNC(=O)c1ccc(C)c(NC(=O)NC(C)CCN2CCN(C)CC2)c1. The molecule has 1 fully saturated rings. The topological polar surface area (TPSA) is 76.7 Å². The smallest absolute Gasteiger partial charge is 0.319 e. The Hall–Kier alpha value is -2.12. The summed E-state index contributed by atoms with van der Waals surface area (Å²) in [5, 5.41) is 8.63. The summed E-state index contributed by atoms with van der Waals surface area (Å²) < 4.78 is 0. The van der Waals surface area contributed by atoms with E-state index >= 15 is 0 Å². The van der Waals surface area contributed by atoms with Crippen LogP contribution in [-0.2, 0) is 0 Å². The van der Waals surface area contributed by atoms with Gasteiger partial charge in [-0.3, -0.25) is 4.79 Å². The maximum Gasteiger partial charge on any atom is 0.319 e. The number of hydrogen-bond donors (Lipinski definition) is 3. The van der Waals surface area contributed by atoms with E-state index in [1.165, 1.54) is 0 Å². The first-order valence-corrected chi connectivity index (χ1v) is 9.76. The quantitative estimate of drug-likeness (QED) is 0.680. The molecule has 1 heterocycles. The van der Waals surface area contributed by atoms with Crippen molar-refractivity contribution in [3.05, 3.63) is 29.3 Å². The highest BCUT2D eigenvalue weighted by Crippen LogP contribution is 2.17. The first-order valence-electron chi connectivity index (χ1n) is 9.76. The van der Waals surface area contributed by atoms with Crippen LogP contribution < -0.4 is 16.0 Å². The van der Waals surface area contributed by atoms with Crippen molar-refractivity contribution in [3.63, 3.8) is 0 Å². The number of anilines is 1. The van der Waals surface area contributed by atoms with E-state index in [1.54, 1.807) is 12.1 Å². The fraction of sp³-hybridized carbons (Fsp3) is 0.600. The van der Waals surface area contributed by atoms with Gasteiger partial charge in [0.05, 0.1) is 0 Å². The second-order valence-corrected chi connectivity index (χ2v) is 7.32. The molecular formula is C20H33N5O2. The van der Waals surface area contributed by atoms with Crippen molar-refractivity contribution in [2.24, 2.45) is 0 Å². The van der Waals surface area contributed by atoms with E-state index in [-0.39, 0.29) is 18.0 Å². The number of benzene rings is 1. The number of hydrogen-bond acceptors (Lipinski definition) is 4. The molecule has 3 N–H and O–H groups in total. The van der Waals surface area contributed by atoms with E-state index in [9.17, 15) is 9.59 Å². The minimum atomic E-state index is -0.239. The molecule has 1 unspecified atom stereocenters. The number of aryl methyl sites for hydroxylation is 1. The summed E-state index contributed by atoms with van der Waals surface area (Å²) in [5.74, 6) is -0.137. The van der Waals surface area contributed by atoms with Crippen LogP contribution in [0.5, 0.6) is 0 Å². The molecule has 1 atom stereocenters. The molecule has 0 aromatic heterocycles. The number of nitrogens with one attached hydrogen (secondary N) is 3. The number of carbonyl (C=O) groups is 2. The summed E-state index contributed by atoms with van der Waals surface area (Å²) in [4.78, 5) is 29.1. The summed E-state index contributed by atoms with van der Waals surface area (Å²) in [5.41, 5.74) is 2.12. The first kappa shape index (κ1) is 21.2. The van der Waals surface area contributed by atoms with E-state index in [1.807, 2.05) is 26.8 Å². The fourth-order valence-corrected chi connectivity index (χ4v) is 3.06. The number of likely N-dealkylation sites (N-methyl/N-ethyl adjacent to an activating group) is 1. The van der Waals surface area contributed by atoms with Gasteiger partial charge in [-0.05, 0) is 51.9 Å². The Morgan fingerprint density at radius 1 is 1.19 bits per heavy atom. The number of rotatable bonds is 7. The van der Waals surface area contributed by atoms with E-state index in [2.05, 4.69) is 32.8 Å². The van der Waals surface area contributed by atoms with E-state index < -0.39 is 0 Å². The summed E-state index contributed by atoms with van der Waals surface area (Å²) in [6.07, 6.45) is 0.912. The second-order valence-electron chi connectivity index (χ2n) is 7.32. The van der Waals surface area contributed by atoms with Gasteiger partial charge in [-0.15, -0.1) is 0 Å². The zero-order valence-electron chi connectivity index (χ0n) is 17.0. The van der Waals surface area contributed by atoms with Crippen LogP contribution in [0.25, 0.3) is 0 Å². The van der Waals surface area contributed by atoms with Gasteiger partial charge in [-0.1, -0.05) is 6.07 Å². The van der Waals surface area contributed by atoms with Crippen molar-refractivity contribution in [2.45, 2.75) is 33.2 Å². The van der Waals surface area contributed by atoms with Crippen molar-refractivity contribution < 1.29 is 9.59 Å². The molecule has 1 aromatic rings. The maximum absolute atomic E-state index is 12.3. The third-order valence-corrected chi connectivity index (χ3v) is 4.94. The van der Waals surface area contributed by atoms with Crippen LogP contribution in [0.2, 0.25) is 0 Å². The third-order valence-electron chi connectivity index (χ3n) is 4.94. The number of carbonyl (C=O) groups excluding carboxylic acids is 2. The van der Waals surface area contributed by atoms with Gasteiger partial charge in [-0.2, -0.15) is 0 Å². The Balaban J connectivity index is 1.82. The van der Waals surface area contributed by atoms with Crippen molar-refractivity contribution >= 4 is 17.6 Å². The first-order chi connectivity index (χ1) is 12.9. The minimum absolute atomic E-state index is 0.0801. The zero-order chi connectivity index (χ0) is 19.8. The van der Waals surface area contributed by atoms with Crippen LogP contribution >= 0.6 is 0 Å². The molecule has 0 radical (unpaired) electrons. The summed E-state index contributed by atoms with van der Waals surface area (Å²) in [7, 11) is 2.15. The molecule has 1 aliphatic heterocycles. The largest absolute Gasteiger partial charge is 0.352 e. The predicted molar refractivity (Wildman–Crippen MR) is 109 cm³/mol. The minimum Gasteiger partial charge on any atom is -0.352 e. The molecule has 0 aliphatic carbocycles. The second kappa shape index (κ2) is 10.3. The lowest BCUT2D eigenvalue weighted by Gasteiger charge is -2.32. The van der Waals surface area contributed by atoms with Crippen molar-refractivity contribution in [2.75, 3.05) is 51.6 Å². The fourth-order valence-electron chi connectivity index (χ4n) is 3.06. The lowest BCUT2D eigenvalue weighted by molar-refractivity contribution is 0.0956. The highest BCUT2D eigenvalue weighted by Gasteiger charge is 2.16. The van der Waals surface area contributed by atoms with E-state index in [0.717, 1.165) is 44.7 Å². The Labute approximate surface area is 162 Å². The Bertz CT molecular complexity index is 641. The number of amides is 3. The molecule has 2 rings (SSSR count). The van der Waals surface area contributed by atoms with Gasteiger partial charge in [0.25, 0.3) is 5.91 Å². The zero-order valence-corrected chi connectivity index (χ0v) is 17.0. The van der Waals surface area contributed by atoms with Crippen molar-refractivity contribution in [1.82, 2.24) is 20.4 Å². The molecule has 7 heteroatoms. The Morgan fingerprint density at radius 3 is 2.56 bits per heavy atom. The van der Waals surface area contributed by atoms with Crippen LogP contribution in [0.4, 0.5) is 10.5 Å². The van der Waals surface area contributed by atoms with Gasteiger partial charge < -0.3 is 25.8 Å². The highest BCUT2D eigenvalue weighted by molar-refractivity contribution is 5.97. The molecule has 7 nitrogen and oxygen atoms in total. The van der Waals surface area contributed by atoms with Crippen LogP contribution in [0.15, 0.2) is 18.2 Å². The molecule has 1 aromatic carbocycles. The van der Waals surface area contributed by atoms with Crippen LogP contribution in [-0.4, -0.2) is 74.1 Å². The average molecular weight is 376 g/mol. The Kier molecular flexibility index (Phi) is 8.06. The molecule has 27 heavy (non-hydrogen) atoms. The van der Waals surface area contributed by atoms with Crippen LogP contribution in [0.1, 0.15) is 36.2 Å². The van der Waals surface area contributed by atoms with Crippen LogP contribution in [0.3, 0.4) is 0 Å². The highest BCUT2D eigenvalue weighted by atomic mass is 16.2. The normalized spacial score (nSPS) is 16.6. The maximum atomic E-state index is 12.3. The molecule has 1 aliphatic rings. The van der Waals surface area contributed by atoms with E-state index in [0.29, 0.717) is 17.8 Å². The molecule has 3 amide bonds. The molecule has 0 bridgehead atoms. The summed E-state index contributed by atoms with van der Waals surface area (Å²) in [6.45, 7) is 11.7. The molecule has 0 saturated carbocycles. The molecule has 1 saturated heterocycles. The van der Waals surface area contributed by atoms with Gasteiger partial charge in [0.1, 0.15) is 0 Å². The summed E-state index contributed by atoms with van der Waals surface area (Å²) in [6, 6.07) is 5.17. The predicted octanol–water partition coefficient (Wildman–Crippen LogP) is 1.89. The number of nitrogens with zero attached hydrogens (tertiary/aromatic N) is 2. The summed E-state index contributed by atoms with van der Waals surface area (Å²) >= 11 is 0. The van der Waals surface area contributed by atoms with Crippen molar-refractivity contribution in [3.8, 4) is 0 Å². The lowest BCUT2D eigenvalue weighted by atomic mass is 10.1. The van der Waals surface area contributed by atoms with E-state index in [4.69, 9.17) is 0 Å². The lowest BCUT2D eigenvalue weighted by Crippen LogP contribution is -2.46. The average Bonchev–Trinajstić information content (AvgIpc) is 2.63. The number of piperazine rings is 1. The molecule has 0 spiro atoms. The standard InChI is InChI=1S/C20H33N5O2/c1-5-21-19(26)17-7-6-15(2)18(14-17)23-20(27)22-16(3)8-9-25-12-10-24(4)11-13-25/h6-7,14,16H,5,8-13H2,1-4H3,(H,21,26)(H2,22,23,27). The van der Waals surface area contributed by atoms with Gasteiger partial charge in [-0.25, -0.2) is 4.79 Å². The van der Waals surface area contributed by atoms with Gasteiger partial charge in [0.2, 0.25) is 0 Å². The van der Waals surface area contributed by atoms with Crippen molar-refractivity contribution in [1.29, 1.82) is 0 Å². The number of urea groups is 1. The Morgan fingerprint density at radius 2 is 1.89 bits per heavy atom.